The largest absolute Gasteiger partial charge is 0.465 e. The molecule has 0 fully saturated rings. The maximum Gasteiger partial charge on any atom is 0.337 e. The van der Waals surface area contributed by atoms with E-state index in [9.17, 15) is 9.59 Å². The first-order chi connectivity index (χ1) is 10.1. The van der Waals surface area contributed by atoms with E-state index in [-0.39, 0.29) is 5.56 Å². The molecule has 0 saturated carbocycles. The number of aromatic amines is 1. The van der Waals surface area contributed by atoms with Crippen LogP contribution in [0, 0.1) is 11.3 Å². The Kier molecular flexibility index (Phi) is 4.40. The number of carbonyl (C=O) groups excluding carboxylic acids is 1. The average molecular weight is 301 g/mol. The van der Waals surface area contributed by atoms with Crippen LogP contribution >= 0.6 is 11.8 Å². The van der Waals surface area contributed by atoms with E-state index in [4.69, 9.17) is 5.26 Å². The molecule has 1 aromatic carbocycles. The molecule has 7 heteroatoms. The predicted molar refractivity (Wildman–Crippen MR) is 78.1 cm³/mol. The zero-order chi connectivity index (χ0) is 15.4. The van der Waals surface area contributed by atoms with E-state index in [1.165, 1.54) is 18.9 Å². The van der Waals surface area contributed by atoms with Crippen molar-refractivity contribution in [2.45, 2.75) is 5.16 Å². The Bertz CT molecular complexity index is 776. The second-order valence-corrected chi connectivity index (χ2v) is 4.77. The van der Waals surface area contributed by atoms with Crippen LogP contribution < -0.4 is 5.56 Å². The Morgan fingerprint density at radius 2 is 2.05 bits per heavy atom. The Labute approximate surface area is 124 Å². The van der Waals surface area contributed by atoms with Crippen molar-refractivity contribution in [1.82, 2.24) is 9.97 Å². The quantitative estimate of drug-likeness (QED) is 0.528. The first-order valence-electron chi connectivity index (χ1n) is 5.88. The number of aromatic nitrogens is 2. The summed E-state index contributed by atoms with van der Waals surface area (Å²) >= 11 is 1.27. The number of rotatable bonds is 3. The van der Waals surface area contributed by atoms with Gasteiger partial charge in [0.15, 0.2) is 5.16 Å². The summed E-state index contributed by atoms with van der Waals surface area (Å²) in [5, 5.41) is 9.54. The molecule has 106 valence electrons. The second kappa shape index (κ2) is 6.24. The van der Waals surface area contributed by atoms with E-state index >= 15 is 0 Å². The lowest BCUT2D eigenvalue weighted by atomic mass is 10.1. The molecule has 0 aliphatic rings. The third kappa shape index (κ3) is 2.95. The molecular weight excluding hydrogens is 290 g/mol. The molecule has 1 aromatic heterocycles. The molecule has 1 heterocycles. The summed E-state index contributed by atoms with van der Waals surface area (Å²) in [7, 11) is 1.30. The van der Waals surface area contributed by atoms with Gasteiger partial charge in [0, 0.05) is 5.56 Å². The minimum absolute atomic E-state index is 0.0568. The van der Waals surface area contributed by atoms with E-state index < -0.39 is 11.5 Å². The van der Waals surface area contributed by atoms with Crippen molar-refractivity contribution in [2.75, 3.05) is 13.4 Å². The summed E-state index contributed by atoms with van der Waals surface area (Å²) in [6, 6.07) is 8.22. The third-order valence-electron chi connectivity index (χ3n) is 2.78. The van der Waals surface area contributed by atoms with Gasteiger partial charge in [-0.2, -0.15) is 5.26 Å². The molecule has 0 unspecified atom stereocenters. The number of ether oxygens (including phenoxy) is 1. The molecule has 0 atom stereocenters. The summed E-state index contributed by atoms with van der Waals surface area (Å²) in [4.78, 5) is 30.0. The predicted octanol–water partition coefficient (Wildman–Crippen LogP) is 1.82. The van der Waals surface area contributed by atoms with E-state index in [0.717, 1.165) is 0 Å². The zero-order valence-electron chi connectivity index (χ0n) is 11.3. The standard InChI is InChI=1S/C14H11N3O3S/c1-20-13(19)9-5-3-8(4-6-9)11-10(7-15)12(18)17-14(16-11)21-2/h3-6H,1-2H3,(H,16,17,18). The Morgan fingerprint density at radius 1 is 1.38 bits per heavy atom. The van der Waals surface area contributed by atoms with Crippen LogP contribution in [0.5, 0.6) is 0 Å². The van der Waals surface area contributed by atoms with Gasteiger partial charge in [0.1, 0.15) is 11.6 Å². The minimum atomic E-state index is -0.483. The van der Waals surface area contributed by atoms with E-state index in [2.05, 4.69) is 14.7 Å². The fourth-order valence-electron chi connectivity index (χ4n) is 1.74. The molecule has 2 rings (SSSR count). The smallest absolute Gasteiger partial charge is 0.337 e. The van der Waals surface area contributed by atoms with Crippen molar-refractivity contribution in [3.05, 3.63) is 45.7 Å². The number of nitriles is 1. The van der Waals surface area contributed by atoms with E-state index in [0.29, 0.717) is 22.0 Å². The molecule has 6 nitrogen and oxygen atoms in total. The van der Waals surface area contributed by atoms with Crippen molar-refractivity contribution in [3.8, 4) is 17.3 Å². The lowest BCUT2D eigenvalue weighted by Crippen LogP contribution is -2.14. The fraction of sp³-hybridized carbons (Fsp3) is 0.143. The lowest BCUT2D eigenvalue weighted by Gasteiger charge is -2.06. The first kappa shape index (κ1) is 14.8. The van der Waals surface area contributed by atoms with Gasteiger partial charge < -0.3 is 9.72 Å². The fourth-order valence-corrected chi connectivity index (χ4v) is 2.12. The van der Waals surface area contributed by atoms with Crippen molar-refractivity contribution >= 4 is 17.7 Å². The highest BCUT2D eigenvalue weighted by atomic mass is 32.2. The first-order valence-corrected chi connectivity index (χ1v) is 7.10. The van der Waals surface area contributed by atoms with Crippen LogP contribution in [-0.4, -0.2) is 29.3 Å². The maximum atomic E-state index is 11.8. The summed E-state index contributed by atoms with van der Waals surface area (Å²) in [5.41, 5.74) is 0.722. The van der Waals surface area contributed by atoms with Crippen LogP contribution in [0.3, 0.4) is 0 Å². The molecule has 0 saturated heterocycles. The number of hydrogen-bond donors (Lipinski definition) is 1. The molecule has 0 radical (unpaired) electrons. The maximum absolute atomic E-state index is 11.8. The lowest BCUT2D eigenvalue weighted by molar-refractivity contribution is 0.0601. The number of hydrogen-bond acceptors (Lipinski definition) is 6. The van der Waals surface area contributed by atoms with Crippen LogP contribution in [0.4, 0.5) is 0 Å². The number of esters is 1. The number of methoxy groups -OCH3 is 1. The van der Waals surface area contributed by atoms with Gasteiger partial charge >= 0.3 is 5.97 Å². The van der Waals surface area contributed by atoms with Crippen LogP contribution in [0.1, 0.15) is 15.9 Å². The molecule has 1 N–H and O–H groups in total. The van der Waals surface area contributed by atoms with E-state index in [1.54, 1.807) is 30.5 Å². The molecule has 21 heavy (non-hydrogen) atoms. The molecule has 0 bridgehead atoms. The summed E-state index contributed by atoms with van der Waals surface area (Å²) in [6.07, 6.45) is 1.77. The Morgan fingerprint density at radius 3 is 2.57 bits per heavy atom. The van der Waals surface area contributed by atoms with Crippen molar-refractivity contribution in [3.63, 3.8) is 0 Å². The zero-order valence-corrected chi connectivity index (χ0v) is 12.2. The van der Waals surface area contributed by atoms with Gasteiger partial charge in [-0.25, -0.2) is 9.78 Å². The number of nitrogens with zero attached hydrogens (tertiary/aromatic N) is 2. The van der Waals surface area contributed by atoms with E-state index in [1.807, 2.05) is 6.07 Å². The van der Waals surface area contributed by atoms with Crippen molar-refractivity contribution in [1.29, 1.82) is 5.26 Å². The van der Waals surface area contributed by atoms with Crippen molar-refractivity contribution in [2.24, 2.45) is 0 Å². The van der Waals surface area contributed by atoms with Gasteiger partial charge in [0.2, 0.25) is 0 Å². The van der Waals surface area contributed by atoms with Gasteiger partial charge in [-0.15, -0.1) is 0 Å². The number of H-pyrrole nitrogens is 1. The number of benzene rings is 1. The molecule has 0 aliphatic heterocycles. The van der Waals surface area contributed by atoms with Gasteiger partial charge in [-0.3, -0.25) is 4.79 Å². The monoisotopic (exact) mass is 301 g/mol. The summed E-state index contributed by atoms with van der Waals surface area (Å²) in [6.45, 7) is 0. The molecule has 2 aromatic rings. The van der Waals surface area contributed by atoms with Crippen LogP contribution in [-0.2, 0) is 4.74 Å². The van der Waals surface area contributed by atoms with Gasteiger partial charge in [-0.1, -0.05) is 23.9 Å². The molecule has 0 spiro atoms. The number of nitrogens with one attached hydrogen (secondary N) is 1. The normalized spacial score (nSPS) is 9.95. The second-order valence-electron chi connectivity index (χ2n) is 3.98. The van der Waals surface area contributed by atoms with Crippen LogP contribution in [0.25, 0.3) is 11.3 Å². The van der Waals surface area contributed by atoms with Crippen LogP contribution in [0.15, 0.2) is 34.2 Å². The Hall–Kier alpha value is -2.59. The number of thioether (sulfide) groups is 1. The highest BCUT2D eigenvalue weighted by Crippen LogP contribution is 2.21. The average Bonchev–Trinajstić information content (AvgIpc) is 2.53. The Balaban J connectivity index is 2.56. The van der Waals surface area contributed by atoms with Crippen LogP contribution in [0.2, 0.25) is 0 Å². The summed E-state index contributed by atoms with van der Waals surface area (Å²) < 4.78 is 4.62. The molecule has 0 aliphatic carbocycles. The highest BCUT2D eigenvalue weighted by molar-refractivity contribution is 7.98. The van der Waals surface area contributed by atoms with Gasteiger partial charge in [0.25, 0.3) is 5.56 Å². The molecule has 0 amide bonds. The minimum Gasteiger partial charge on any atom is -0.465 e. The highest BCUT2D eigenvalue weighted by Gasteiger charge is 2.14. The van der Waals surface area contributed by atoms with Gasteiger partial charge in [0.05, 0.1) is 18.4 Å². The topological polar surface area (TPSA) is 95.8 Å². The summed E-state index contributed by atoms with van der Waals surface area (Å²) in [5.74, 6) is -0.453. The SMILES string of the molecule is COC(=O)c1ccc(-c2nc(SC)[nH]c(=O)c2C#N)cc1. The van der Waals surface area contributed by atoms with Crippen molar-refractivity contribution < 1.29 is 9.53 Å². The molecular formula is C14H11N3O3S. The number of carbonyl (C=O) groups is 1. The third-order valence-corrected chi connectivity index (χ3v) is 3.36. The van der Waals surface area contributed by atoms with Gasteiger partial charge in [-0.05, 0) is 18.4 Å².